The smallest absolute Gasteiger partial charge is 0.254 e. The number of ether oxygens (including phenoxy) is 2. The number of halogens is 3. The highest BCUT2D eigenvalue weighted by Gasteiger charge is 2.25. The fraction of sp³-hybridized carbons (Fsp3) is 0.381. The van der Waals surface area contributed by atoms with Gasteiger partial charge in [0.25, 0.3) is 5.91 Å². The lowest BCUT2D eigenvalue weighted by Gasteiger charge is -2.26. The van der Waals surface area contributed by atoms with Crippen LogP contribution >= 0.6 is 34.8 Å². The summed E-state index contributed by atoms with van der Waals surface area (Å²) in [6, 6.07) is 10.7. The standard InChI is InChI=1S/C21H22Cl3NO3/c1-2-27-20-18(23)10-15(11-19(20)24)21(26)25(13-17-4-3-9-28-17)12-14-5-7-16(22)8-6-14/h5-8,10-11,17H,2-4,9,12-13H2,1H3. The monoisotopic (exact) mass is 441 g/mol. The first kappa shape index (κ1) is 21.3. The van der Waals surface area contributed by atoms with Gasteiger partial charge in [-0.3, -0.25) is 4.79 Å². The van der Waals surface area contributed by atoms with E-state index < -0.39 is 0 Å². The Morgan fingerprint density at radius 3 is 2.43 bits per heavy atom. The molecule has 7 heteroatoms. The van der Waals surface area contributed by atoms with Gasteiger partial charge in [-0.2, -0.15) is 0 Å². The van der Waals surface area contributed by atoms with Crippen LogP contribution in [0.3, 0.4) is 0 Å². The van der Waals surface area contributed by atoms with E-state index in [4.69, 9.17) is 44.3 Å². The maximum Gasteiger partial charge on any atom is 0.254 e. The minimum absolute atomic E-state index is 0.0323. The minimum Gasteiger partial charge on any atom is -0.491 e. The van der Waals surface area contributed by atoms with Crippen molar-refractivity contribution in [1.29, 1.82) is 0 Å². The van der Waals surface area contributed by atoms with Crippen molar-refractivity contribution in [2.75, 3.05) is 19.8 Å². The Balaban J connectivity index is 1.85. The molecule has 0 aliphatic carbocycles. The van der Waals surface area contributed by atoms with Crippen molar-refractivity contribution in [3.63, 3.8) is 0 Å². The zero-order valence-electron chi connectivity index (χ0n) is 15.6. The van der Waals surface area contributed by atoms with Crippen molar-refractivity contribution in [2.24, 2.45) is 0 Å². The maximum atomic E-state index is 13.3. The van der Waals surface area contributed by atoms with E-state index in [1.54, 1.807) is 17.0 Å². The van der Waals surface area contributed by atoms with Gasteiger partial charge < -0.3 is 14.4 Å². The highest BCUT2D eigenvalue weighted by molar-refractivity contribution is 6.37. The first-order valence-corrected chi connectivity index (χ1v) is 10.4. The highest BCUT2D eigenvalue weighted by atomic mass is 35.5. The lowest BCUT2D eigenvalue weighted by molar-refractivity contribution is 0.0507. The summed E-state index contributed by atoms with van der Waals surface area (Å²) < 4.78 is 11.2. The van der Waals surface area contributed by atoms with Gasteiger partial charge in [0.1, 0.15) is 0 Å². The summed E-state index contributed by atoms with van der Waals surface area (Å²) >= 11 is 18.6. The molecule has 28 heavy (non-hydrogen) atoms. The van der Waals surface area contributed by atoms with Gasteiger partial charge in [0.15, 0.2) is 5.75 Å². The van der Waals surface area contributed by atoms with Gasteiger partial charge in [-0.25, -0.2) is 0 Å². The molecule has 0 spiro atoms. The fourth-order valence-electron chi connectivity index (χ4n) is 3.21. The topological polar surface area (TPSA) is 38.8 Å². The molecular formula is C21H22Cl3NO3. The van der Waals surface area contributed by atoms with E-state index in [2.05, 4.69) is 0 Å². The molecule has 1 aliphatic heterocycles. The third-order valence-electron chi connectivity index (χ3n) is 4.56. The van der Waals surface area contributed by atoms with Crippen LogP contribution in [0.2, 0.25) is 15.1 Å². The number of hydrogen-bond donors (Lipinski definition) is 0. The van der Waals surface area contributed by atoms with Crippen molar-refractivity contribution >= 4 is 40.7 Å². The first-order valence-electron chi connectivity index (χ1n) is 9.25. The Bertz CT molecular complexity index is 797. The fourth-order valence-corrected chi connectivity index (χ4v) is 3.93. The zero-order chi connectivity index (χ0) is 20.1. The van der Waals surface area contributed by atoms with Gasteiger partial charge >= 0.3 is 0 Å². The van der Waals surface area contributed by atoms with E-state index >= 15 is 0 Å². The zero-order valence-corrected chi connectivity index (χ0v) is 17.9. The van der Waals surface area contributed by atoms with Crippen molar-refractivity contribution in [3.05, 3.63) is 62.6 Å². The number of carbonyl (C=O) groups excluding carboxylic acids is 1. The molecule has 1 amide bonds. The molecule has 1 fully saturated rings. The van der Waals surface area contributed by atoms with E-state index in [1.807, 2.05) is 31.2 Å². The molecule has 3 rings (SSSR count). The van der Waals surface area contributed by atoms with Gasteiger partial charge in [0, 0.05) is 30.3 Å². The Morgan fingerprint density at radius 1 is 1.18 bits per heavy atom. The Kier molecular flexibility index (Phi) is 7.47. The van der Waals surface area contributed by atoms with Gasteiger partial charge in [-0.05, 0) is 49.6 Å². The minimum atomic E-state index is -0.155. The molecule has 0 bridgehead atoms. The highest BCUT2D eigenvalue weighted by Crippen LogP contribution is 2.34. The predicted octanol–water partition coefficient (Wildman–Crippen LogP) is 5.87. The van der Waals surface area contributed by atoms with Crippen molar-refractivity contribution in [2.45, 2.75) is 32.4 Å². The summed E-state index contributed by atoms with van der Waals surface area (Å²) in [4.78, 5) is 15.0. The predicted molar refractivity (Wildman–Crippen MR) is 113 cm³/mol. The number of rotatable bonds is 7. The lowest BCUT2D eigenvalue weighted by atomic mass is 10.1. The van der Waals surface area contributed by atoms with Crippen LogP contribution in [0.1, 0.15) is 35.7 Å². The van der Waals surface area contributed by atoms with E-state index in [0.29, 0.717) is 46.1 Å². The summed E-state index contributed by atoms with van der Waals surface area (Å²) in [5.74, 6) is 0.239. The van der Waals surface area contributed by atoms with Crippen LogP contribution in [0.5, 0.6) is 5.75 Å². The second-order valence-corrected chi connectivity index (χ2v) is 7.90. The number of hydrogen-bond acceptors (Lipinski definition) is 3. The van der Waals surface area contributed by atoms with Crippen molar-refractivity contribution < 1.29 is 14.3 Å². The first-order chi connectivity index (χ1) is 13.5. The number of nitrogens with zero attached hydrogens (tertiary/aromatic N) is 1. The molecule has 1 unspecified atom stereocenters. The van der Waals surface area contributed by atoms with Gasteiger partial charge in [0.05, 0.1) is 22.8 Å². The molecule has 4 nitrogen and oxygen atoms in total. The van der Waals surface area contributed by atoms with E-state index in [1.165, 1.54) is 0 Å². The molecule has 2 aromatic rings. The Hall–Kier alpha value is -1.46. The van der Waals surface area contributed by atoms with Crippen LogP contribution < -0.4 is 4.74 Å². The van der Waals surface area contributed by atoms with Crippen molar-refractivity contribution in [1.82, 2.24) is 4.90 Å². The largest absolute Gasteiger partial charge is 0.491 e. The molecule has 0 aromatic heterocycles. The molecule has 0 N–H and O–H groups in total. The normalized spacial score (nSPS) is 16.2. The third-order valence-corrected chi connectivity index (χ3v) is 5.37. The molecule has 1 saturated heterocycles. The average Bonchev–Trinajstić information content (AvgIpc) is 3.18. The average molecular weight is 443 g/mol. The molecule has 1 atom stereocenters. The van der Waals surface area contributed by atoms with Crippen LogP contribution in [-0.2, 0) is 11.3 Å². The van der Waals surface area contributed by atoms with E-state index in [-0.39, 0.29) is 12.0 Å². The van der Waals surface area contributed by atoms with Crippen LogP contribution in [0.25, 0.3) is 0 Å². The second kappa shape index (κ2) is 9.84. The van der Waals surface area contributed by atoms with Gasteiger partial charge in [-0.1, -0.05) is 46.9 Å². The molecule has 150 valence electrons. The maximum absolute atomic E-state index is 13.3. The number of amides is 1. The molecule has 0 saturated carbocycles. The molecular weight excluding hydrogens is 421 g/mol. The third kappa shape index (κ3) is 5.32. The van der Waals surface area contributed by atoms with Gasteiger partial charge in [0.2, 0.25) is 0 Å². The van der Waals surface area contributed by atoms with Crippen LogP contribution in [-0.4, -0.2) is 36.7 Å². The summed E-state index contributed by atoms with van der Waals surface area (Å²) in [7, 11) is 0. The Labute approximate surface area is 180 Å². The SMILES string of the molecule is CCOc1c(Cl)cc(C(=O)N(Cc2ccc(Cl)cc2)CC2CCCO2)cc1Cl. The summed E-state index contributed by atoms with van der Waals surface area (Å²) in [6.45, 7) is 3.96. The van der Waals surface area contributed by atoms with Crippen LogP contribution in [0.15, 0.2) is 36.4 Å². The summed E-state index contributed by atoms with van der Waals surface area (Å²) in [6.07, 6.45) is 1.98. The number of carbonyl (C=O) groups is 1. The molecule has 1 heterocycles. The van der Waals surface area contributed by atoms with Crippen LogP contribution in [0, 0.1) is 0 Å². The quantitative estimate of drug-likeness (QED) is 0.538. The molecule has 1 aliphatic rings. The van der Waals surface area contributed by atoms with E-state index in [9.17, 15) is 4.79 Å². The molecule has 0 radical (unpaired) electrons. The molecule has 2 aromatic carbocycles. The van der Waals surface area contributed by atoms with E-state index in [0.717, 1.165) is 25.0 Å². The lowest BCUT2D eigenvalue weighted by Crippen LogP contribution is -2.37. The van der Waals surface area contributed by atoms with Gasteiger partial charge in [-0.15, -0.1) is 0 Å². The van der Waals surface area contributed by atoms with Crippen LogP contribution in [0.4, 0.5) is 0 Å². The summed E-state index contributed by atoms with van der Waals surface area (Å²) in [5.41, 5.74) is 1.41. The van der Waals surface area contributed by atoms with Crippen molar-refractivity contribution in [3.8, 4) is 5.75 Å². The summed E-state index contributed by atoms with van der Waals surface area (Å²) in [5, 5.41) is 1.30. The second-order valence-electron chi connectivity index (χ2n) is 6.65. The Morgan fingerprint density at radius 2 is 1.86 bits per heavy atom. The number of benzene rings is 2.